The van der Waals surface area contributed by atoms with Gasteiger partial charge in [-0.3, -0.25) is 0 Å². The maximum atomic E-state index is 2.34. The molecule has 0 spiro atoms. The first-order valence-electron chi connectivity index (χ1n) is 3.71. The molecule has 1 aliphatic rings. The van der Waals surface area contributed by atoms with Crippen LogP contribution in [0.15, 0.2) is 0 Å². The van der Waals surface area contributed by atoms with E-state index in [2.05, 4.69) is 20.8 Å². The van der Waals surface area contributed by atoms with Gasteiger partial charge in [0, 0.05) is 0 Å². The van der Waals surface area contributed by atoms with Gasteiger partial charge in [-0.05, 0) is 24.2 Å². The fourth-order valence-corrected chi connectivity index (χ4v) is 1.50. The Hall–Kier alpha value is 0. The summed E-state index contributed by atoms with van der Waals surface area (Å²) in [7, 11) is 0. The van der Waals surface area contributed by atoms with E-state index in [0.29, 0.717) is 0 Å². The molecule has 1 fully saturated rings. The standard InChI is InChI=1S/C8H16/c1-4-8(5-6-8)7(2)3/h7H,4-6H2,1-3H3. The molecule has 1 saturated carbocycles. The first-order chi connectivity index (χ1) is 3.71. The van der Waals surface area contributed by atoms with Crippen LogP contribution in [0, 0.1) is 11.3 Å². The van der Waals surface area contributed by atoms with Crippen LogP contribution >= 0.6 is 0 Å². The Bertz CT molecular complexity index is 78.0. The van der Waals surface area contributed by atoms with E-state index in [1.807, 2.05) is 0 Å². The van der Waals surface area contributed by atoms with Gasteiger partial charge in [0.25, 0.3) is 0 Å². The molecule has 8 heavy (non-hydrogen) atoms. The maximum Gasteiger partial charge on any atom is -0.0277 e. The van der Waals surface area contributed by atoms with E-state index in [1.54, 1.807) is 0 Å². The summed E-state index contributed by atoms with van der Waals surface area (Å²) in [6, 6.07) is 0. The van der Waals surface area contributed by atoms with E-state index < -0.39 is 0 Å². The molecule has 0 aromatic rings. The van der Waals surface area contributed by atoms with Gasteiger partial charge >= 0.3 is 0 Å². The topological polar surface area (TPSA) is 0 Å². The van der Waals surface area contributed by atoms with E-state index in [1.165, 1.54) is 19.3 Å². The van der Waals surface area contributed by atoms with Gasteiger partial charge in [0.05, 0.1) is 0 Å². The molecule has 0 heterocycles. The summed E-state index contributed by atoms with van der Waals surface area (Å²) in [4.78, 5) is 0. The molecule has 0 radical (unpaired) electrons. The summed E-state index contributed by atoms with van der Waals surface area (Å²) in [5, 5.41) is 0. The zero-order valence-corrected chi connectivity index (χ0v) is 6.20. The van der Waals surface area contributed by atoms with Crippen LogP contribution in [0.4, 0.5) is 0 Å². The first-order valence-corrected chi connectivity index (χ1v) is 3.71. The molecule has 0 saturated heterocycles. The molecule has 0 amide bonds. The lowest BCUT2D eigenvalue weighted by Gasteiger charge is -2.15. The third kappa shape index (κ3) is 0.765. The molecule has 0 bridgehead atoms. The third-order valence-corrected chi connectivity index (χ3v) is 2.82. The number of hydrogen-bond donors (Lipinski definition) is 0. The van der Waals surface area contributed by atoms with Crippen molar-refractivity contribution < 1.29 is 0 Å². The minimum Gasteiger partial charge on any atom is -0.0648 e. The Morgan fingerprint density at radius 2 is 1.88 bits per heavy atom. The van der Waals surface area contributed by atoms with Crippen molar-refractivity contribution in [2.75, 3.05) is 0 Å². The van der Waals surface area contributed by atoms with E-state index in [9.17, 15) is 0 Å². The van der Waals surface area contributed by atoms with Crippen LogP contribution in [0.1, 0.15) is 40.0 Å². The van der Waals surface area contributed by atoms with Crippen molar-refractivity contribution in [3.05, 3.63) is 0 Å². The van der Waals surface area contributed by atoms with Crippen LogP contribution < -0.4 is 0 Å². The lowest BCUT2D eigenvalue weighted by molar-refractivity contribution is 0.347. The summed E-state index contributed by atoms with van der Waals surface area (Å²) >= 11 is 0. The van der Waals surface area contributed by atoms with Crippen molar-refractivity contribution in [2.24, 2.45) is 11.3 Å². The number of rotatable bonds is 2. The molecule has 0 aromatic carbocycles. The highest BCUT2D eigenvalue weighted by Gasteiger charge is 2.42. The zero-order chi connectivity index (χ0) is 6.20. The molecule has 0 heteroatoms. The Balaban J connectivity index is 2.41. The smallest absolute Gasteiger partial charge is 0.0277 e. The highest BCUT2D eigenvalue weighted by Crippen LogP contribution is 2.54. The van der Waals surface area contributed by atoms with Crippen molar-refractivity contribution in [3.8, 4) is 0 Å². The SMILES string of the molecule is CCC1(C(C)C)CC1. The van der Waals surface area contributed by atoms with Gasteiger partial charge < -0.3 is 0 Å². The molecule has 1 rings (SSSR count). The van der Waals surface area contributed by atoms with Crippen LogP contribution in [0.3, 0.4) is 0 Å². The van der Waals surface area contributed by atoms with Crippen molar-refractivity contribution in [1.82, 2.24) is 0 Å². The minimum absolute atomic E-state index is 0.792. The fraction of sp³-hybridized carbons (Fsp3) is 1.00. The van der Waals surface area contributed by atoms with Gasteiger partial charge in [0.15, 0.2) is 0 Å². The average Bonchev–Trinajstić information content (AvgIpc) is 2.44. The summed E-state index contributed by atoms with van der Waals surface area (Å²) in [5.41, 5.74) is 0.792. The lowest BCUT2D eigenvalue weighted by atomic mass is 9.90. The zero-order valence-electron chi connectivity index (χ0n) is 6.20. The van der Waals surface area contributed by atoms with Crippen LogP contribution in [-0.2, 0) is 0 Å². The normalized spacial score (nSPS) is 24.0. The molecule has 0 N–H and O–H groups in total. The van der Waals surface area contributed by atoms with Crippen LogP contribution in [0.25, 0.3) is 0 Å². The quantitative estimate of drug-likeness (QED) is 0.515. The Labute approximate surface area is 52.3 Å². The van der Waals surface area contributed by atoms with Gasteiger partial charge in [0.2, 0.25) is 0 Å². The molecule has 0 aliphatic heterocycles. The molecule has 1 aliphatic carbocycles. The highest BCUT2D eigenvalue weighted by atomic mass is 14.5. The van der Waals surface area contributed by atoms with Gasteiger partial charge in [-0.15, -0.1) is 0 Å². The van der Waals surface area contributed by atoms with Crippen molar-refractivity contribution in [2.45, 2.75) is 40.0 Å². The Morgan fingerprint density at radius 3 is 1.88 bits per heavy atom. The van der Waals surface area contributed by atoms with Gasteiger partial charge in [0.1, 0.15) is 0 Å². The first kappa shape index (κ1) is 6.12. The highest BCUT2D eigenvalue weighted by molar-refractivity contribution is 4.93. The van der Waals surface area contributed by atoms with Gasteiger partial charge in [-0.2, -0.15) is 0 Å². The maximum absolute atomic E-state index is 2.34. The molecule has 48 valence electrons. The second-order valence-corrected chi connectivity index (χ2v) is 3.37. The molecular weight excluding hydrogens is 96.1 g/mol. The predicted molar refractivity (Wildman–Crippen MR) is 36.8 cm³/mol. The lowest BCUT2D eigenvalue weighted by Crippen LogP contribution is -2.06. The third-order valence-electron chi connectivity index (χ3n) is 2.82. The van der Waals surface area contributed by atoms with E-state index in [-0.39, 0.29) is 0 Å². The second kappa shape index (κ2) is 1.75. The predicted octanol–water partition coefficient (Wildman–Crippen LogP) is 2.83. The summed E-state index contributed by atoms with van der Waals surface area (Å²) in [6.45, 7) is 7.00. The van der Waals surface area contributed by atoms with Crippen molar-refractivity contribution >= 4 is 0 Å². The van der Waals surface area contributed by atoms with Crippen molar-refractivity contribution in [1.29, 1.82) is 0 Å². The molecule has 0 aromatic heterocycles. The van der Waals surface area contributed by atoms with E-state index in [0.717, 1.165) is 11.3 Å². The van der Waals surface area contributed by atoms with E-state index >= 15 is 0 Å². The molecule has 0 unspecified atom stereocenters. The minimum atomic E-state index is 0.792. The monoisotopic (exact) mass is 112 g/mol. The Morgan fingerprint density at radius 1 is 1.38 bits per heavy atom. The summed E-state index contributed by atoms with van der Waals surface area (Å²) < 4.78 is 0. The van der Waals surface area contributed by atoms with Crippen LogP contribution in [-0.4, -0.2) is 0 Å². The Kier molecular flexibility index (Phi) is 1.34. The van der Waals surface area contributed by atoms with E-state index in [4.69, 9.17) is 0 Å². The van der Waals surface area contributed by atoms with Crippen LogP contribution in [0.2, 0.25) is 0 Å². The summed E-state index contributed by atoms with van der Waals surface area (Å²) in [6.07, 6.45) is 4.37. The van der Waals surface area contributed by atoms with Crippen LogP contribution in [0.5, 0.6) is 0 Å². The fourth-order valence-electron chi connectivity index (χ4n) is 1.50. The molecular formula is C8H16. The largest absolute Gasteiger partial charge is 0.0648 e. The molecule has 0 nitrogen and oxygen atoms in total. The second-order valence-electron chi connectivity index (χ2n) is 3.37. The average molecular weight is 112 g/mol. The number of hydrogen-bond acceptors (Lipinski definition) is 0. The van der Waals surface area contributed by atoms with Gasteiger partial charge in [-0.1, -0.05) is 27.2 Å². The van der Waals surface area contributed by atoms with Crippen molar-refractivity contribution in [3.63, 3.8) is 0 Å². The van der Waals surface area contributed by atoms with Gasteiger partial charge in [-0.25, -0.2) is 0 Å². The molecule has 0 atom stereocenters. The summed E-state index contributed by atoms with van der Waals surface area (Å²) in [5.74, 6) is 0.924.